The van der Waals surface area contributed by atoms with E-state index in [1.165, 1.54) is 11.1 Å². The molecule has 1 aromatic carbocycles. The lowest BCUT2D eigenvalue weighted by atomic mass is 10.1. The highest BCUT2D eigenvalue weighted by atomic mass is 15.0. The Kier molecular flexibility index (Phi) is 3.38. The molecule has 1 unspecified atom stereocenters. The number of anilines is 1. The lowest BCUT2D eigenvalue weighted by molar-refractivity contribution is 0.866. The summed E-state index contributed by atoms with van der Waals surface area (Å²) in [6, 6.07) is 10.7. The molecule has 0 spiro atoms. The zero-order valence-corrected chi connectivity index (χ0v) is 10.4. The highest BCUT2D eigenvalue weighted by molar-refractivity contribution is 5.37. The molecule has 17 heavy (non-hydrogen) atoms. The van der Waals surface area contributed by atoms with Gasteiger partial charge in [-0.3, -0.25) is 0 Å². The molecule has 1 aromatic heterocycles. The third-order valence-electron chi connectivity index (χ3n) is 2.72. The molecule has 0 fully saturated rings. The van der Waals surface area contributed by atoms with Crippen molar-refractivity contribution in [1.29, 1.82) is 0 Å². The number of nitrogens with one attached hydrogen (secondary N) is 1. The van der Waals surface area contributed by atoms with Crippen molar-refractivity contribution in [3.8, 4) is 0 Å². The zero-order valence-electron chi connectivity index (χ0n) is 10.4. The summed E-state index contributed by atoms with van der Waals surface area (Å²) in [6.07, 6.45) is 1.77. The van der Waals surface area contributed by atoms with Gasteiger partial charge in [0.1, 0.15) is 11.6 Å². The Morgan fingerprint density at radius 1 is 1.06 bits per heavy atom. The number of hydrogen-bond acceptors (Lipinski definition) is 3. The first-order valence-corrected chi connectivity index (χ1v) is 5.78. The average molecular weight is 227 g/mol. The van der Waals surface area contributed by atoms with E-state index in [-0.39, 0.29) is 6.04 Å². The largest absolute Gasteiger partial charge is 0.363 e. The maximum Gasteiger partial charge on any atom is 0.130 e. The number of aryl methyl sites for hydroxylation is 2. The van der Waals surface area contributed by atoms with Crippen LogP contribution >= 0.6 is 0 Å². The summed E-state index contributed by atoms with van der Waals surface area (Å²) < 4.78 is 0. The molecule has 0 saturated heterocycles. The smallest absolute Gasteiger partial charge is 0.130 e. The first kappa shape index (κ1) is 11.6. The van der Waals surface area contributed by atoms with E-state index in [9.17, 15) is 0 Å². The van der Waals surface area contributed by atoms with Crippen molar-refractivity contribution in [2.45, 2.75) is 26.8 Å². The van der Waals surface area contributed by atoms with Crippen molar-refractivity contribution in [2.24, 2.45) is 0 Å². The summed E-state index contributed by atoms with van der Waals surface area (Å²) in [5.41, 5.74) is 2.53. The van der Waals surface area contributed by atoms with E-state index in [1.807, 2.05) is 13.0 Å². The second-order valence-electron chi connectivity index (χ2n) is 4.27. The Bertz CT molecular complexity index is 491. The number of nitrogens with zero attached hydrogens (tertiary/aromatic N) is 2. The fourth-order valence-electron chi connectivity index (χ4n) is 1.70. The fraction of sp³-hybridized carbons (Fsp3) is 0.286. The Balaban J connectivity index is 2.11. The molecular weight excluding hydrogens is 210 g/mol. The van der Waals surface area contributed by atoms with Gasteiger partial charge in [-0.05, 0) is 32.4 Å². The van der Waals surface area contributed by atoms with Gasteiger partial charge >= 0.3 is 0 Å². The van der Waals surface area contributed by atoms with Crippen LogP contribution in [0.4, 0.5) is 5.82 Å². The Morgan fingerprint density at radius 3 is 2.41 bits per heavy atom. The van der Waals surface area contributed by atoms with Crippen LogP contribution in [0.1, 0.15) is 29.9 Å². The van der Waals surface area contributed by atoms with Gasteiger partial charge in [-0.15, -0.1) is 0 Å². The molecule has 3 heteroatoms. The van der Waals surface area contributed by atoms with Crippen LogP contribution in [0.5, 0.6) is 0 Å². The summed E-state index contributed by atoms with van der Waals surface area (Å²) in [5.74, 6) is 1.65. The molecule has 88 valence electrons. The molecule has 1 N–H and O–H groups in total. The molecule has 0 bridgehead atoms. The van der Waals surface area contributed by atoms with Gasteiger partial charge in [0.05, 0.1) is 0 Å². The third kappa shape index (κ3) is 3.03. The third-order valence-corrected chi connectivity index (χ3v) is 2.72. The van der Waals surface area contributed by atoms with Crippen molar-refractivity contribution < 1.29 is 0 Å². The first-order chi connectivity index (χ1) is 8.15. The van der Waals surface area contributed by atoms with Crippen LogP contribution < -0.4 is 5.32 Å². The highest BCUT2D eigenvalue weighted by Crippen LogP contribution is 2.17. The molecule has 0 aliphatic carbocycles. The number of rotatable bonds is 3. The van der Waals surface area contributed by atoms with E-state index >= 15 is 0 Å². The molecule has 0 aliphatic heterocycles. The van der Waals surface area contributed by atoms with Crippen molar-refractivity contribution >= 4 is 5.82 Å². The van der Waals surface area contributed by atoms with E-state index < -0.39 is 0 Å². The summed E-state index contributed by atoms with van der Waals surface area (Å²) in [4.78, 5) is 8.41. The van der Waals surface area contributed by atoms with Crippen molar-refractivity contribution in [2.75, 3.05) is 5.32 Å². The second-order valence-corrected chi connectivity index (χ2v) is 4.27. The van der Waals surface area contributed by atoms with E-state index in [1.54, 1.807) is 6.20 Å². The van der Waals surface area contributed by atoms with Gasteiger partial charge in [-0.2, -0.15) is 0 Å². The van der Waals surface area contributed by atoms with Crippen molar-refractivity contribution in [1.82, 2.24) is 9.97 Å². The summed E-state index contributed by atoms with van der Waals surface area (Å²) in [6.45, 7) is 6.11. The molecule has 2 aromatic rings. The number of aromatic nitrogens is 2. The SMILES string of the molecule is Cc1ccc(C(C)Nc2ccnc(C)n2)cc1. The molecular formula is C14H17N3. The molecule has 1 atom stereocenters. The number of benzene rings is 1. The molecule has 0 aliphatic rings. The van der Waals surface area contributed by atoms with Crippen LogP contribution in [0, 0.1) is 13.8 Å². The van der Waals surface area contributed by atoms with E-state index in [4.69, 9.17) is 0 Å². The van der Waals surface area contributed by atoms with Gasteiger partial charge in [0.15, 0.2) is 0 Å². The lowest BCUT2D eigenvalue weighted by Gasteiger charge is -2.15. The average Bonchev–Trinajstić information content (AvgIpc) is 2.29. The normalized spacial score (nSPS) is 12.2. The predicted molar refractivity (Wildman–Crippen MR) is 70.0 cm³/mol. The summed E-state index contributed by atoms with van der Waals surface area (Å²) in [5, 5.41) is 3.37. The van der Waals surface area contributed by atoms with Crippen LogP contribution in [-0.2, 0) is 0 Å². The van der Waals surface area contributed by atoms with Crippen molar-refractivity contribution in [3.05, 3.63) is 53.5 Å². The van der Waals surface area contributed by atoms with Crippen LogP contribution in [0.25, 0.3) is 0 Å². The lowest BCUT2D eigenvalue weighted by Crippen LogP contribution is -2.08. The molecule has 1 heterocycles. The topological polar surface area (TPSA) is 37.8 Å². The quantitative estimate of drug-likeness (QED) is 0.874. The predicted octanol–water partition coefficient (Wildman–Crippen LogP) is 3.27. The summed E-state index contributed by atoms with van der Waals surface area (Å²) in [7, 11) is 0. The zero-order chi connectivity index (χ0) is 12.3. The fourth-order valence-corrected chi connectivity index (χ4v) is 1.70. The molecule has 0 amide bonds. The minimum atomic E-state index is 0.241. The molecule has 0 saturated carbocycles. The standard InChI is InChI=1S/C14H17N3/c1-10-4-6-13(7-5-10)11(2)16-14-8-9-15-12(3)17-14/h4-9,11H,1-3H3,(H,15,16,17). The molecule has 2 rings (SSSR count). The molecule has 3 nitrogen and oxygen atoms in total. The first-order valence-electron chi connectivity index (χ1n) is 5.78. The van der Waals surface area contributed by atoms with E-state index in [0.717, 1.165) is 11.6 Å². The van der Waals surface area contributed by atoms with Crippen LogP contribution in [0.3, 0.4) is 0 Å². The van der Waals surface area contributed by atoms with E-state index in [0.29, 0.717) is 0 Å². The summed E-state index contributed by atoms with van der Waals surface area (Å²) >= 11 is 0. The van der Waals surface area contributed by atoms with Gasteiger partial charge in [-0.1, -0.05) is 29.8 Å². The Hall–Kier alpha value is -1.90. The van der Waals surface area contributed by atoms with Crippen molar-refractivity contribution in [3.63, 3.8) is 0 Å². The Labute approximate surface area is 102 Å². The van der Waals surface area contributed by atoms with Gasteiger partial charge in [0.25, 0.3) is 0 Å². The number of hydrogen-bond donors (Lipinski definition) is 1. The maximum atomic E-state index is 4.33. The van der Waals surface area contributed by atoms with Crippen LogP contribution in [-0.4, -0.2) is 9.97 Å². The van der Waals surface area contributed by atoms with Gasteiger partial charge in [0.2, 0.25) is 0 Å². The molecule has 0 radical (unpaired) electrons. The van der Waals surface area contributed by atoms with E-state index in [2.05, 4.69) is 53.4 Å². The van der Waals surface area contributed by atoms with Crippen LogP contribution in [0.15, 0.2) is 36.5 Å². The van der Waals surface area contributed by atoms with Gasteiger partial charge in [0, 0.05) is 12.2 Å². The van der Waals surface area contributed by atoms with Gasteiger partial charge < -0.3 is 5.32 Å². The van der Waals surface area contributed by atoms with Crippen LogP contribution in [0.2, 0.25) is 0 Å². The highest BCUT2D eigenvalue weighted by Gasteiger charge is 2.05. The second kappa shape index (κ2) is 4.95. The minimum Gasteiger partial charge on any atom is -0.363 e. The maximum absolute atomic E-state index is 4.33. The van der Waals surface area contributed by atoms with Gasteiger partial charge in [-0.25, -0.2) is 9.97 Å². The Morgan fingerprint density at radius 2 is 1.76 bits per heavy atom. The minimum absolute atomic E-state index is 0.241. The monoisotopic (exact) mass is 227 g/mol.